The molecule has 0 aliphatic rings. The zero-order valence-electron chi connectivity index (χ0n) is 23.8. The molecule has 4 aromatic carbocycles. The Bertz CT molecular complexity index is 1560. The molecular formula is C36H39N3. The maximum atomic E-state index is 5.20. The van der Waals surface area contributed by atoms with Crippen molar-refractivity contribution < 1.29 is 0 Å². The second kappa shape index (κ2) is 11.7. The van der Waals surface area contributed by atoms with E-state index in [0.717, 1.165) is 23.6 Å². The van der Waals surface area contributed by atoms with E-state index in [9.17, 15) is 0 Å². The Kier molecular flexibility index (Phi) is 7.97. The fraction of sp³-hybridized carbons (Fsp3) is 0.250. The lowest BCUT2D eigenvalue weighted by Gasteiger charge is -2.21. The third kappa shape index (κ3) is 5.83. The Labute approximate surface area is 233 Å². The zero-order chi connectivity index (χ0) is 27.4. The number of fused-ring (bicyclic) bond motifs is 1. The lowest BCUT2D eigenvalue weighted by Crippen LogP contribution is -2.09. The normalized spacial score (nSPS) is 11.4. The van der Waals surface area contributed by atoms with Crippen LogP contribution in [0.2, 0.25) is 0 Å². The number of aromatic nitrogens is 1. The van der Waals surface area contributed by atoms with Crippen LogP contribution in [0.25, 0.3) is 22.0 Å². The van der Waals surface area contributed by atoms with Crippen LogP contribution in [0, 0.1) is 6.92 Å². The first-order valence-electron chi connectivity index (χ1n) is 14.1. The molecule has 198 valence electrons. The molecular weight excluding hydrogens is 474 g/mol. The second-order valence-corrected chi connectivity index (χ2v) is 11.0. The standard InChI is InChI=1S/C36H39N3/c1-24(2)30-16-11-17-31(25(3)4)36(30)38-23-29-14-10-19-34(39-29)35-28(21-20-27-13-7-8-15-32(27)35)22-37-33-18-9-6-12-26(33)5/h6-21,24-25,37-38H,22-23H2,1-5H3. The van der Waals surface area contributed by atoms with E-state index < -0.39 is 0 Å². The molecule has 0 spiro atoms. The molecule has 2 N–H and O–H groups in total. The van der Waals surface area contributed by atoms with Crippen LogP contribution in [0.15, 0.2) is 97.1 Å². The highest BCUT2D eigenvalue weighted by Gasteiger charge is 2.15. The number of anilines is 2. The minimum Gasteiger partial charge on any atom is -0.381 e. The Hall–Kier alpha value is -4.11. The van der Waals surface area contributed by atoms with Gasteiger partial charge in [0, 0.05) is 23.5 Å². The van der Waals surface area contributed by atoms with Crippen LogP contribution in [0.1, 0.15) is 67.5 Å². The van der Waals surface area contributed by atoms with Crippen LogP contribution in [0.4, 0.5) is 11.4 Å². The summed E-state index contributed by atoms with van der Waals surface area (Å²) in [5, 5.41) is 9.88. The molecule has 0 bridgehead atoms. The highest BCUT2D eigenvalue weighted by Crippen LogP contribution is 2.34. The number of para-hydroxylation sites is 2. The highest BCUT2D eigenvalue weighted by molar-refractivity contribution is 5.97. The van der Waals surface area contributed by atoms with Gasteiger partial charge in [0.15, 0.2) is 0 Å². The van der Waals surface area contributed by atoms with Crippen LogP contribution < -0.4 is 10.6 Å². The van der Waals surface area contributed by atoms with E-state index in [-0.39, 0.29) is 0 Å². The van der Waals surface area contributed by atoms with Crippen LogP contribution in [-0.2, 0) is 13.1 Å². The van der Waals surface area contributed by atoms with Gasteiger partial charge in [-0.15, -0.1) is 0 Å². The molecule has 39 heavy (non-hydrogen) atoms. The number of hydrogen-bond donors (Lipinski definition) is 2. The van der Waals surface area contributed by atoms with E-state index in [0.29, 0.717) is 18.4 Å². The first kappa shape index (κ1) is 26.5. The number of rotatable bonds is 9. The number of benzene rings is 4. The van der Waals surface area contributed by atoms with Crippen LogP contribution in [0.3, 0.4) is 0 Å². The molecule has 0 amide bonds. The van der Waals surface area contributed by atoms with Gasteiger partial charge in [0.1, 0.15) is 0 Å². The van der Waals surface area contributed by atoms with Gasteiger partial charge >= 0.3 is 0 Å². The van der Waals surface area contributed by atoms with Crippen LogP contribution in [0.5, 0.6) is 0 Å². The topological polar surface area (TPSA) is 37.0 Å². The Morgan fingerprint density at radius 1 is 0.641 bits per heavy atom. The van der Waals surface area contributed by atoms with Crippen LogP contribution >= 0.6 is 0 Å². The van der Waals surface area contributed by atoms with E-state index in [2.05, 4.69) is 142 Å². The van der Waals surface area contributed by atoms with Crippen molar-refractivity contribution in [1.29, 1.82) is 0 Å². The molecule has 1 heterocycles. The van der Waals surface area contributed by atoms with Gasteiger partial charge in [-0.2, -0.15) is 0 Å². The Morgan fingerprint density at radius 2 is 1.33 bits per heavy atom. The molecule has 1 aromatic heterocycles. The van der Waals surface area contributed by atoms with E-state index in [4.69, 9.17) is 4.98 Å². The Morgan fingerprint density at radius 3 is 2.08 bits per heavy atom. The molecule has 5 rings (SSSR count). The summed E-state index contributed by atoms with van der Waals surface area (Å²) < 4.78 is 0. The van der Waals surface area contributed by atoms with Crippen molar-refractivity contribution in [2.24, 2.45) is 0 Å². The molecule has 0 aliphatic carbocycles. The van der Waals surface area contributed by atoms with Crippen molar-refractivity contribution in [3.05, 3.63) is 125 Å². The fourth-order valence-corrected chi connectivity index (χ4v) is 5.38. The summed E-state index contributed by atoms with van der Waals surface area (Å²) in [4.78, 5) is 5.20. The molecule has 0 saturated heterocycles. The molecule has 0 aliphatic heterocycles. The van der Waals surface area contributed by atoms with E-state index in [1.165, 1.54) is 44.3 Å². The number of nitrogens with one attached hydrogen (secondary N) is 2. The van der Waals surface area contributed by atoms with Crippen molar-refractivity contribution in [2.45, 2.75) is 59.5 Å². The summed E-state index contributed by atoms with van der Waals surface area (Å²) in [5.74, 6) is 0.897. The largest absolute Gasteiger partial charge is 0.381 e. The average Bonchev–Trinajstić information content (AvgIpc) is 2.95. The molecule has 0 fully saturated rings. The molecule has 3 heteroatoms. The molecule has 0 unspecified atom stereocenters. The molecule has 0 radical (unpaired) electrons. The number of pyridine rings is 1. The monoisotopic (exact) mass is 513 g/mol. The fourth-order valence-electron chi connectivity index (χ4n) is 5.38. The van der Waals surface area contributed by atoms with Gasteiger partial charge in [0.05, 0.1) is 17.9 Å². The van der Waals surface area contributed by atoms with Crippen LogP contribution in [-0.4, -0.2) is 4.98 Å². The van der Waals surface area contributed by atoms with Gasteiger partial charge in [-0.3, -0.25) is 4.98 Å². The first-order valence-corrected chi connectivity index (χ1v) is 14.1. The van der Waals surface area contributed by atoms with Gasteiger partial charge in [-0.25, -0.2) is 0 Å². The quantitative estimate of drug-likeness (QED) is 0.206. The number of hydrogen-bond acceptors (Lipinski definition) is 3. The lowest BCUT2D eigenvalue weighted by molar-refractivity contribution is 0.831. The first-order chi connectivity index (χ1) is 18.9. The second-order valence-electron chi connectivity index (χ2n) is 11.0. The molecule has 3 nitrogen and oxygen atoms in total. The lowest BCUT2D eigenvalue weighted by atomic mass is 9.92. The summed E-state index contributed by atoms with van der Waals surface area (Å²) in [5.41, 5.74) is 10.8. The minimum atomic E-state index is 0.449. The molecule has 0 saturated carbocycles. The van der Waals surface area contributed by atoms with E-state index in [1.807, 2.05) is 0 Å². The maximum absolute atomic E-state index is 5.20. The summed E-state index contributed by atoms with van der Waals surface area (Å²) in [6.07, 6.45) is 0. The van der Waals surface area contributed by atoms with Crippen molar-refractivity contribution in [3.8, 4) is 11.3 Å². The van der Waals surface area contributed by atoms with Gasteiger partial charge < -0.3 is 10.6 Å². The van der Waals surface area contributed by atoms with Gasteiger partial charge in [0.25, 0.3) is 0 Å². The molecule has 0 atom stereocenters. The third-order valence-corrected chi connectivity index (χ3v) is 7.51. The van der Waals surface area contributed by atoms with Crippen molar-refractivity contribution >= 4 is 22.1 Å². The predicted molar refractivity (Wildman–Crippen MR) is 168 cm³/mol. The summed E-state index contributed by atoms with van der Waals surface area (Å²) in [6, 6.07) is 34.6. The molecule has 5 aromatic rings. The van der Waals surface area contributed by atoms with E-state index >= 15 is 0 Å². The van der Waals surface area contributed by atoms with Gasteiger partial charge in [-0.1, -0.05) is 107 Å². The van der Waals surface area contributed by atoms with Gasteiger partial charge in [0.2, 0.25) is 0 Å². The van der Waals surface area contributed by atoms with Crippen molar-refractivity contribution in [2.75, 3.05) is 10.6 Å². The number of nitrogens with zero attached hydrogens (tertiary/aromatic N) is 1. The Balaban J connectivity index is 1.49. The highest BCUT2D eigenvalue weighted by atomic mass is 14.9. The maximum Gasteiger partial charge on any atom is 0.0715 e. The zero-order valence-corrected chi connectivity index (χ0v) is 23.8. The van der Waals surface area contributed by atoms with Crippen molar-refractivity contribution in [1.82, 2.24) is 4.98 Å². The third-order valence-electron chi connectivity index (χ3n) is 7.51. The minimum absolute atomic E-state index is 0.449. The summed E-state index contributed by atoms with van der Waals surface area (Å²) in [7, 11) is 0. The van der Waals surface area contributed by atoms with Gasteiger partial charge in [-0.05, 0) is 70.0 Å². The predicted octanol–water partition coefficient (Wildman–Crippen LogP) is 9.68. The SMILES string of the molecule is Cc1ccccc1NCc1ccc2ccccc2c1-c1cccc(CNc2c(C(C)C)cccc2C(C)C)n1. The summed E-state index contributed by atoms with van der Waals surface area (Å²) >= 11 is 0. The average molecular weight is 514 g/mol. The summed E-state index contributed by atoms with van der Waals surface area (Å²) in [6.45, 7) is 12.6. The van der Waals surface area contributed by atoms with Crippen molar-refractivity contribution in [3.63, 3.8) is 0 Å². The van der Waals surface area contributed by atoms with E-state index in [1.54, 1.807) is 0 Å². The number of aryl methyl sites for hydroxylation is 1. The smallest absolute Gasteiger partial charge is 0.0715 e.